The molecule has 0 aliphatic heterocycles. The Labute approximate surface area is 118 Å². The van der Waals surface area contributed by atoms with Crippen LogP contribution in [0.15, 0.2) is 36.8 Å². The topological polar surface area (TPSA) is 42.7 Å². The molecule has 0 aliphatic carbocycles. The minimum Gasteiger partial charge on any atom is -0.340 e. The molecule has 102 valence electrons. The van der Waals surface area contributed by atoms with Crippen LogP contribution in [0.1, 0.15) is 18.1 Å². The highest BCUT2D eigenvalue weighted by atomic mass is 15.0. The first kappa shape index (κ1) is 12.7. The highest BCUT2D eigenvalue weighted by Crippen LogP contribution is 2.23. The number of hydrogen-bond acceptors (Lipinski definition) is 3. The van der Waals surface area contributed by atoms with Crippen molar-refractivity contribution in [1.29, 1.82) is 0 Å². The van der Waals surface area contributed by atoms with Gasteiger partial charge in [0.05, 0.1) is 18.0 Å². The van der Waals surface area contributed by atoms with Crippen molar-refractivity contribution in [2.45, 2.75) is 20.3 Å². The Bertz CT molecular complexity index is 758. The molecule has 0 unspecified atom stereocenters. The second-order valence-corrected chi connectivity index (χ2v) is 5.05. The van der Waals surface area contributed by atoms with Crippen LogP contribution in [0.5, 0.6) is 0 Å². The molecule has 0 fully saturated rings. The molecule has 20 heavy (non-hydrogen) atoms. The van der Waals surface area contributed by atoms with Crippen LogP contribution in [0.2, 0.25) is 0 Å². The summed E-state index contributed by atoms with van der Waals surface area (Å²) in [5.74, 6) is 0.849. The lowest BCUT2D eigenvalue weighted by atomic mass is 10.1. The van der Waals surface area contributed by atoms with E-state index < -0.39 is 0 Å². The van der Waals surface area contributed by atoms with Crippen LogP contribution >= 0.6 is 0 Å². The number of nitrogens with zero attached hydrogens (tertiary/aromatic N) is 3. The van der Waals surface area contributed by atoms with E-state index in [4.69, 9.17) is 0 Å². The Morgan fingerprint density at radius 3 is 2.85 bits per heavy atom. The van der Waals surface area contributed by atoms with Crippen LogP contribution in [0.3, 0.4) is 0 Å². The first-order valence-corrected chi connectivity index (χ1v) is 6.81. The number of benzene rings is 1. The molecule has 4 nitrogen and oxygen atoms in total. The molecule has 3 aromatic rings. The van der Waals surface area contributed by atoms with Gasteiger partial charge in [0, 0.05) is 18.8 Å². The van der Waals surface area contributed by atoms with Gasteiger partial charge in [-0.05, 0) is 30.5 Å². The van der Waals surface area contributed by atoms with Crippen molar-refractivity contribution >= 4 is 22.5 Å². The molecule has 1 aromatic carbocycles. The summed E-state index contributed by atoms with van der Waals surface area (Å²) in [7, 11) is 1.99. The summed E-state index contributed by atoms with van der Waals surface area (Å²) in [5.41, 5.74) is 5.65. The number of aromatic nitrogens is 3. The predicted molar refractivity (Wildman–Crippen MR) is 82.3 cm³/mol. The summed E-state index contributed by atoms with van der Waals surface area (Å²) < 4.78 is 2.00. The Hall–Kier alpha value is -2.36. The Kier molecular flexibility index (Phi) is 3.14. The standard InChI is InChI=1S/C16H18N4/c1-4-12-6-5-11(2)7-13(12)19-16-8-15-14(9-17-16)18-10-20(15)3/h5-10H,4H2,1-3H3,(H,17,19). The number of imidazole rings is 1. The molecule has 1 N–H and O–H groups in total. The second-order valence-electron chi connectivity index (χ2n) is 5.05. The zero-order chi connectivity index (χ0) is 14.1. The molecule has 0 aliphatic rings. The monoisotopic (exact) mass is 266 g/mol. The van der Waals surface area contributed by atoms with Crippen LogP contribution in [-0.4, -0.2) is 14.5 Å². The SMILES string of the molecule is CCc1ccc(C)cc1Nc1cc2c(cn1)ncn2C. The predicted octanol–water partition coefficient (Wildman–Crippen LogP) is 3.58. The van der Waals surface area contributed by atoms with Crippen LogP contribution in [0, 0.1) is 6.92 Å². The van der Waals surface area contributed by atoms with Crippen molar-refractivity contribution < 1.29 is 0 Å². The van der Waals surface area contributed by atoms with Gasteiger partial charge < -0.3 is 9.88 Å². The summed E-state index contributed by atoms with van der Waals surface area (Å²) in [6.07, 6.45) is 4.61. The quantitative estimate of drug-likeness (QED) is 0.788. The van der Waals surface area contributed by atoms with Gasteiger partial charge in [0.1, 0.15) is 11.3 Å². The van der Waals surface area contributed by atoms with E-state index in [1.54, 1.807) is 12.5 Å². The minimum absolute atomic E-state index is 0.849. The molecule has 0 spiro atoms. The maximum Gasteiger partial charge on any atom is 0.132 e. The molecule has 4 heteroatoms. The van der Waals surface area contributed by atoms with Gasteiger partial charge in [0.25, 0.3) is 0 Å². The lowest BCUT2D eigenvalue weighted by Gasteiger charge is -2.11. The molecule has 0 amide bonds. The van der Waals surface area contributed by atoms with E-state index >= 15 is 0 Å². The van der Waals surface area contributed by atoms with Crippen LogP contribution < -0.4 is 5.32 Å². The maximum atomic E-state index is 4.43. The number of anilines is 2. The van der Waals surface area contributed by atoms with Crippen molar-refractivity contribution in [3.8, 4) is 0 Å². The third kappa shape index (κ3) is 2.25. The average molecular weight is 266 g/mol. The van der Waals surface area contributed by atoms with Gasteiger partial charge in [-0.3, -0.25) is 0 Å². The van der Waals surface area contributed by atoms with Gasteiger partial charge >= 0.3 is 0 Å². The van der Waals surface area contributed by atoms with Gasteiger partial charge in [0.2, 0.25) is 0 Å². The van der Waals surface area contributed by atoms with E-state index in [0.29, 0.717) is 0 Å². The molecular weight excluding hydrogens is 248 g/mol. The number of aryl methyl sites for hydroxylation is 3. The maximum absolute atomic E-state index is 4.43. The molecule has 2 aromatic heterocycles. The van der Waals surface area contributed by atoms with Crippen molar-refractivity contribution in [3.05, 3.63) is 47.9 Å². The van der Waals surface area contributed by atoms with E-state index in [1.807, 2.05) is 17.7 Å². The highest BCUT2D eigenvalue weighted by molar-refractivity contribution is 5.78. The molecule has 0 atom stereocenters. The zero-order valence-corrected chi connectivity index (χ0v) is 12.0. The van der Waals surface area contributed by atoms with Crippen LogP contribution in [0.4, 0.5) is 11.5 Å². The third-order valence-corrected chi connectivity index (χ3v) is 3.52. The number of pyridine rings is 1. The van der Waals surface area contributed by atoms with Crippen molar-refractivity contribution in [2.75, 3.05) is 5.32 Å². The van der Waals surface area contributed by atoms with Crippen molar-refractivity contribution in [2.24, 2.45) is 7.05 Å². The molecular formula is C16H18N4. The number of fused-ring (bicyclic) bond motifs is 1. The van der Waals surface area contributed by atoms with Gasteiger partial charge in [-0.2, -0.15) is 0 Å². The molecule has 0 saturated heterocycles. The summed E-state index contributed by atoms with van der Waals surface area (Å²) in [5, 5.41) is 3.42. The van der Waals surface area contributed by atoms with E-state index in [1.165, 1.54) is 11.1 Å². The van der Waals surface area contributed by atoms with Gasteiger partial charge in [-0.25, -0.2) is 9.97 Å². The fraction of sp³-hybridized carbons (Fsp3) is 0.250. The Balaban J connectivity index is 2.00. The fourth-order valence-electron chi connectivity index (χ4n) is 2.35. The van der Waals surface area contributed by atoms with E-state index in [2.05, 4.69) is 47.3 Å². The van der Waals surface area contributed by atoms with E-state index in [9.17, 15) is 0 Å². The number of hydrogen-bond donors (Lipinski definition) is 1. The van der Waals surface area contributed by atoms with Crippen molar-refractivity contribution in [3.63, 3.8) is 0 Å². The van der Waals surface area contributed by atoms with Crippen LogP contribution in [0.25, 0.3) is 11.0 Å². The Morgan fingerprint density at radius 1 is 1.20 bits per heavy atom. The lowest BCUT2D eigenvalue weighted by Crippen LogP contribution is -1.98. The average Bonchev–Trinajstić information content (AvgIpc) is 2.81. The van der Waals surface area contributed by atoms with E-state index in [-0.39, 0.29) is 0 Å². The molecule has 0 bridgehead atoms. The van der Waals surface area contributed by atoms with Gasteiger partial charge in [0.15, 0.2) is 0 Å². The minimum atomic E-state index is 0.849. The highest BCUT2D eigenvalue weighted by Gasteiger charge is 2.05. The molecule has 2 heterocycles. The molecule has 0 saturated carbocycles. The molecule has 3 rings (SSSR count). The normalized spacial score (nSPS) is 10.9. The first-order valence-electron chi connectivity index (χ1n) is 6.81. The Morgan fingerprint density at radius 2 is 2.05 bits per heavy atom. The molecule has 0 radical (unpaired) electrons. The zero-order valence-electron chi connectivity index (χ0n) is 12.0. The number of nitrogens with one attached hydrogen (secondary N) is 1. The van der Waals surface area contributed by atoms with Gasteiger partial charge in [-0.1, -0.05) is 19.1 Å². The van der Waals surface area contributed by atoms with Crippen LogP contribution in [-0.2, 0) is 13.5 Å². The summed E-state index contributed by atoms with van der Waals surface area (Å²) in [6, 6.07) is 8.50. The number of rotatable bonds is 3. The van der Waals surface area contributed by atoms with E-state index in [0.717, 1.165) is 29.0 Å². The first-order chi connectivity index (χ1) is 9.67. The summed E-state index contributed by atoms with van der Waals surface area (Å²) in [6.45, 7) is 4.26. The summed E-state index contributed by atoms with van der Waals surface area (Å²) in [4.78, 5) is 8.72. The largest absolute Gasteiger partial charge is 0.340 e. The van der Waals surface area contributed by atoms with Gasteiger partial charge in [-0.15, -0.1) is 0 Å². The second kappa shape index (κ2) is 4.96. The summed E-state index contributed by atoms with van der Waals surface area (Å²) >= 11 is 0. The fourth-order valence-corrected chi connectivity index (χ4v) is 2.35. The third-order valence-electron chi connectivity index (χ3n) is 3.52. The smallest absolute Gasteiger partial charge is 0.132 e. The lowest BCUT2D eigenvalue weighted by molar-refractivity contribution is 0.947. The van der Waals surface area contributed by atoms with Crippen molar-refractivity contribution in [1.82, 2.24) is 14.5 Å².